The summed E-state index contributed by atoms with van der Waals surface area (Å²) in [4.78, 5) is 25.5. The highest BCUT2D eigenvalue weighted by atomic mass is 16.5. The lowest BCUT2D eigenvalue weighted by Crippen LogP contribution is -2.35. The quantitative estimate of drug-likeness (QED) is 0.817. The van der Waals surface area contributed by atoms with E-state index in [1.807, 2.05) is 39.0 Å². The number of hydrogen-bond donors (Lipinski definition) is 1. The van der Waals surface area contributed by atoms with Gasteiger partial charge in [0.2, 0.25) is 5.91 Å². The van der Waals surface area contributed by atoms with Crippen molar-refractivity contribution in [1.29, 1.82) is 0 Å². The second-order valence-electron chi connectivity index (χ2n) is 5.22. The van der Waals surface area contributed by atoms with E-state index in [1.165, 1.54) is 4.90 Å². The first-order valence-electron chi connectivity index (χ1n) is 7.41. The van der Waals surface area contributed by atoms with Crippen LogP contribution >= 0.6 is 0 Å². The third-order valence-corrected chi connectivity index (χ3v) is 3.46. The zero-order valence-corrected chi connectivity index (χ0v) is 12.8. The highest BCUT2D eigenvalue weighted by Gasteiger charge is 2.38. The molecule has 1 saturated heterocycles. The van der Waals surface area contributed by atoms with E-state index in [2.05, 4.69) is 5.32 Å². The molecule has 1 N–H and O–H groups in total. The number of rotatable bonds is 6. The SMILES string of the molecule is CCCN1C(=O)CC(Nc2ccc(C)cc2OCC)C1=O. The van der Waals surface area contributed by atoms with Gasteiger partial charge < -0.3 is 10.1 Å². The number of carbonyl (C=O) groups is 2. The lowest BCUT2D eigenvalue weighted by molar-refractivity contribution is -0.138. The summed E-state index contributed by atoms with van der Waals surface area (Å²) in [5.74, 6) is 0.459. The van der Waals surface area contributed by atoms with Crippen LogP contribution in [-0.4, -0.2) is 35.9 Å². The largest absolute Gasteiger partial charge is 0.492 e. The number of nitrogens with one attached hydrogen (secondary N) is 1. The van der Waals surface area contributed by atoms with Crippen molar-refractivity contribution in [2.45, 2.75) is 39.7 Å². The molecule has 5 nitrogen and oxygen atoms in total. The maximum Gasteiger partial charge on any atom is 0.252 e. The van der Waals surface area contributed by atoms with Crippen molar-refractivity contribution in [2.24, 2.45) is 0 Å². The molecule has 5 heteroatoms. The Kier molecular flexibility index (Phi) is 4.83. The van der Waals surface area contributed by atoms with Gasteiger partial charge in [-0.2, -0.15) is 0 Å². The number of ether oxygens (including phenoxy) is 1. The fourth-order valence-corrected chi connectivity index (χ4v) is 2.47. The molecule has 0 saturated carbocycles. The summed E-state index contributed by atoms with van der Waals surface area (Å²) in [6.07, 6.45) is 0.983. The number of amides is 2. The van der Waals surface area contributed by atoms with Crippen molar-refractivity contribution in [1.82, 2.24) is 4.90 Å². The van der Waals surface area contributed by atoms with Gasteiger partial charge in [0.05, 0.1) is 18.7 Å². The standard InChI is InChI=1S/C16H22N2O3/c1-4-8-18-15(19)10-13(16(18)20)17-12-7-6-11(3)9-14(12)21-5-2/h6-7,9,13,17H,4-5,8,10H2,1-3H3. The van der Waals surface area contributed by atoms with Gasteiger partial charge in [0.15, 0.2) is 0 Å². The Morgan fingerprint density at radius 2 is 2.10 bits per heavy atom. The fourth-order valence-electron chi connectivity index (χ4n) is 2.47. The number of benzene rings is 1. The minimum absolute atomic E-state index is 0.107. The molecule has 114 valence electrons. The van der Waals surface area contributed by atoms with Crippen molar-refractivity contribution in [3.8, 4) is 5.75 Å². The summed E-state index contributed by atoms with van der Waals surface area (Å²) in [7, 11) is 0. The van der Waals surface area contributed by atoms with Crippen LogP contribution in [0.3, 0.4) is 0 Å². The molecule has 0 spiro atoms. The molecule has 21 heavy (non-hydrogen) atoms. The van der Waals surface area contributed by atoms with Gasteiger partial charge in [0.1, 0.15) is 11.8 Å². The molecule has 1 aromatic carbocycles. The van der Waals surface area contributed by atoms with Crippen LogP contribution in [0.4, 0.5) is 5.69 Å². The van der Waals surface area contributed by atoms with Crippen molar-refractivity contribution in [3.63, 3.8) is 0 Å². The van der Waals surface area contributed by atoms with E-state index in [0.717, 1.165) is 17.7 Å². The molecule has 1 aliphatic heterocycles. The summed E-state index contributed by atoms with van der Waals surface area (Å²) >= 11 is 0. The predicted octanol–water partition coefficient (Wildman–Crippen LogP) is 2.34. The lowest BCUT2D eigenvalue weighted by atomic mass is 10.1. The summed E-state index contributed by atoms with van der Waals surface area (Å²) in [5.41, 5.74) is 1.84. The van der Waals surface area contributed by atoms with Gasteiger partial charge in [-0.05, 0) is 38.0 Å². The van der Waals surface area contributed by atoms with Crippen LogP contribution in [0.1, 0.15) is 32.3 Å². The molecule has 1 heterocycles. The first-order valence-corrected chi connectivity index (χ1v) is 7.41. The summed E-state index contributed by atoms with van der Waals surface area (Å²) in [5, 5.41) is 3.15. The lowest BCUT2D eigenvalue weighted by Gasteiger charge is -2.17. The molecular formula is C16H22N2O3. The van der Waals surface area contributed by atoms with E-state index in [9.17, 15) is 9.59 Å². The molecule has 1 unspecified atom stereocenters. The molecule has 1 aliphatic rings. The predicted molar refractivity (Wildman–Crippen MR) is 81.4 cm³/mol. The van der Waals surface area contributed by atoms with Gasteiger partial charge in [0.25, 0.3) is 5.91 Å². The summed E-state index contributed by atoms with van der Waals surface area (Å²) in [6.45, 7) is 6.90. The molecule has 0 aliphatic carbocycles. The van der Waals surface area contributed by atoms with Crippen LogP contribution in [0.5, 0.6) is 5.75 Å². The van der Waals surface area contributed by atoms with E-state index >= 15 is 0 Å². The minimum atomic E-state index is -0.494. The summed E-state index contributed by atoms with van der Waals surface area (Å²) < 4.78 is 5.59. The Morgan fingerprint density at radius 3 is 2.76 bits per heavy atom. The van der Waals surface area contributed by atoms with Crippen LogP contribution in [0, 0.1) is 6.92 Å². The smallest absolute Gasteiger partial charge is 0.252 e. The van der Waals surface area contributed by atoms with Crippen LogP contribution < -0.4 is 10.1 Å². The van der Waals surface area contributed by atoms with Gasteiger partial charge in [-0.25, -0.2) is 0 Å². The van der Waals surface area contributed by atoms with E-state index < -0.39 is 6.04 Å². The van der Waals surface area contributed by atoms with Crippen LogP contribution in [0.25, 0.3) is 0 Å². The topological polar surface area (TPSA) is 58.6 Å². The van der Waals surface area contributed by atoms with Gasteiger partial charge in [-0.15, -0.1) is 0 Å². The number of likely N-dealkylation sites (tertiary alicyclic amines) is 1. The molecule has 1 fully saturated rings. The normalized spacial score (nSPS) is 18.2. The molecule has 1 atom stereocenters. The maximum atomic E-state index is 12.2. The average molecular weight is 290 g/mol. The molecule has 2 amide bonds. The second-order valence-corrected chi connectivity index (χ2v) is 5.22. The molecule has 1 aromatic rings. The van der Waals surface area contributed by atoms with Crippen molar-refractivity contribution < 1.29 is 14.3 Å². The first kappa shape index (κ1) is 15.4. The van der Waals surface area contributed by atoms with Gasteiger partial charge in [-0.3, -0.25) is 14.5 Å². The Morgan fingerprint density at radius 1 is 1.33 bits per heavy atom. The molecular weight excluding hydrogens is 268 g/mol. The first-order chi connectivity index (χ1) is 10.1. The highest BCUT2D eigenvalue weighted by molar-refractivity contribution is 6.06. The Bertz CT molecular complexity index is 542. The maximum absolute atomic E-state index is 12.2. The summed E-state index contributed by atoms with van der Waals surface area (Å²) in [6, 6.07) is 5.28. The number of aryl methyl sites for hydroxylation is 1. The Labute approximate surface area is 125 Å². The Hall–Kier alpha value is -2.04. The van der Waals surface area contributed by atoms with Crippen molar-refractivity contribution >= 4 is 17.5 Å². The number of imide groups is 1. The van der Waals surface area contributed by atoms with E-state index in [4.69, 9.17) is 4.74 Å². The third-order valence-electron chi connectivity index (χ3n) is 3.46. The molecule has 0 radical (unpaired) electrons. The average Bonchev–Trinajstić information content (AvgIpc) is 2.70. The molecule has 2 rings (SSSR count). The number of anilines is 1. The third kappa shape index (κ3) is 3.35. The zero-order valence-electron chi connectivity index (χ0n) is 12.8. The molecule has 0 bridgehead atoms. The van der Waals surface area contributed by atoms with E-state index in [0.29, 0.717) is 18.9 Å². The Balaban J connectivity index is 2.15. The highest BCUT2D eigenvalue weighted by Crippen LogP contribution is 2.28. The number of nitrogens with zero attached hydrogens (tertiary/aromatic N) is 1. The van der Waals surface area contributed by atoms with Gasteiger partial charge in [0, 0.05) is 6.54 Å². The number of carbonyl (C=O) groups excluding carboxylic acids is 2. The zero-order chi connectivity index (χ0) is 15.4. The second kappa shape index (κ2) is 6.61. The van der Waals surface area contributed by atoms with Crippen LogP contribution in [-0.2, 0) is 9.59 Å². The van der Waals surface area contributed by atoms with Crippen LogP contribution in [0.15, 0.2) is 18.2 Å². The fraction of sp³-hybridized carbons (Fsp3) is 0.500. The van der Waals surface area contributed by atoms with E-state index in [1.54, 1.807) is 0 Å². The van der Waals surface area contributed by atoms with Crippen molar-refractivity contribution in [2.75, 3.05) is 18.5 Å². The minimum Gasteiger partial charge on any atom is -0.492 e. The van der Waals surface area contributed by atoms with E-state index in [-0.39, 0.29) is 18.2 Å². The molecule has 0 aromatic heterocycles. The van der Waals surface area contributed by atoms with Crippen LogP contribution in [0.2, 0.25) is 0 Å². The monoisotopic (exact) mass is 290 g/mol. The van der Waals surface area contributed by atoms with Gasteiger partial charge >= 0.3 is 0 Å². The van der Waals surface area contributed by atoms with Crippen molar-refractivity contribution in [3.05, 3.63) is 23.8 Å². The number of hydrogen-bond acceptors (Lipinski definition) is 4. The van der Waals surface area contributed by atoms with Gasteiger partial charge in [-0.1, -0.05) is 13.0 Å².